The molecule has 1 saturated carbocycles. The van der Waals surface area contributed by atoms with E-state index in [9.17, 15) is 0 Å². The molecule has 2 heterocycles. The Hall–Kier alpha value is -1.36. The molecule has 0 amide bonds. The van der Waals surface area contributed by atoms with E-state index in [-0.39, 0.29) is 0 Å². The second-order valence-electron chi connectivity index (χ2n) is 5.35. The second-order valence-corrected chi connectivity index (χ2v) is 5.74. The van der Waals surface area contributed by atoms with Crippen molar-refractivity contribution in [3.63, 3.8) is 0 Å². The van der Waals surface area contributed by atoms with Gasteiger partial charge in [-0.05, 0) is 24.7 Å². The molecule has 5 nitrogen and oxygen atoms in total. The van der Waals surface area contributed by atoms with E-state index in [1.807, 2.05) is 6.07 Å². The number of hydrogen-bond acceptors (Lipinski definition) is 4. The number of hydrogen-bond donors (Lipinski definition) is 1. The third-order valence-electron chi connectivity index (χ3n) is 4.28. The van der Waals surface area contributed by atoms with Gasteiger partial charge in [-0.1, -0.05) is 31.4 Å². The highest BCUT2D eigenvalue weighted by molar-refractivity contribution is 6.29. The van der Waals surface area contributed by atoms with Gasteiger partial charge in [-0.25, -0.2) is 0 Å². The number of anilines is 1. The van der Waals surface area contributed by atoms with Crippen molar-refractivity contribution >= 4 is 23.2 Å². The van der Waals surface area contributed by atoms with E-state index in [0.717, 1.165) is 12.4 Å². The van der Waals surface area contributed by atoms with E-state index >= 15 is 0 Å². The average molecular weight is 280 g/mol. The van der Waals surface area contributed by atoms with Crippen LogP contribution in [0.3, 0.4) is 0 Å². The molecular formula is C13H18ClN5. The van der Waals surface area contributed by atoms with Gasteiger partial charge in [0.25, 0.3) is 5.78 Å². The molecule has 1 fully saturated rings. The van der Waals surface area contributed by atoms with Gasteiger partial charge in [0.05, 0.1) is 0 Å². The predicted molar refractivity (Wildman–Crippen MR) is 75.5 cm³/mol. The quantitative estimate of drug-likeness (QED) is 0.874. The third kappa shape index (κ3) is 2.39. The Bertz CT molecular complexity index is 573. The Balaban J connectivity index is 1.83. The van der Waals surface area contributed by atoms with Crippen LogP contribution in [0.5, 0.6) is 0 Å². The largest absolute Gasteiger partial charge is 0.369 e. The lowest BCUT2D eigenvalue weighted by Crippen LogP contribution is -2.26. The maximum Gasteiger partial charge on any atom is 0.255 e. The number of nitrogens with zero attached hydrogens (tertiary/aromatic N) is 4. The van der Waals surface area contributed by atoms with Crippen molar-refractivity contribution in [3.8, 4) is 0 Å². The third-order valence-corrected chi connectivity index (χ3v) is 4.47. The van der Waals surface area contributed by atoms with Crippen molar-refractivity contribution in [2.75, 3.05) is 11.9 Å². The van der Waals surface area contributed by atoms with E-state index < -0.39 is 0 Å². The van der Waals surface area contributed by atoms with E-state index in [0.29, 0.717) is 16.3 Å². The zero-order valence-corrected chi connectivity index (χ0v) is 11.8. The zero-order chi connectivity index (χ0) is 13.3. The molecule has 0 aromatic carbocycles. The molecule has 0 bridgehead atoms. The van der Waals surface area contributed by atoms with Crippen LogP contribution in [-0.2, 0) is 0 Å². The van der Waals surface area contributed by atoms with Crippen molar-refractivity contribution in [3.05, 3.63) is 17.5 Å². The van der Waals surface area contributed by atoms with Crippen molar-refractivity contribution in [1.29, 1.82) is 0 Å². The Morgan fingerprint density at radius 3 is 2.95 bits per heavy atom. The highest BCUT2D eigenvalue weighted by atomic mass is 35.5. The van der Waals surface area contributed by atoms with Crippen LogP contribution >= 0.6 is 11.6 Å². The number of rotatable bonds is 4. The Kier molecular flexibility index (Phi) is 3.31. The molecule has 0 unspecified atom stereocenters. The molecule has 6 heteroatoms. The summed E-state index contributed by atoms with van der Waals surface area (Å²) in [5.74, 6) is 1.40. The standard InChI is InChI=1S/C13H18ClN5/c1-2-13(5-3-4-6-13)8-15-11-7-10(14)18-12-16-9-17-19(11)12/h7,9,15H,2-6,8H2,1H3. The Labute approximate surface area is 117 Å². The monoisotopic (exact) mass is 279 g/mol. The number of aromatic nitrogens is 4. The van der Waals surface area contributed by atoms with Gasteiger partial charge in [-0.3, -0.25) is 0 Å². The smallest absolute Gasteiger partial charge is 0.255 e. The lowest BCUT2D eigenvalue weighted by molar-refractivity contribution is 0.306. The zero-order valence-electron chi connectivity index (χ0n) is 11.1. The van der Waals surface area contributed by atoms with E-state index in [4.69, 9.17) is 11.6 Å². The SMILES string of the molecule is CCC1(CNc2cc(Cl)nc3ncnn23)CCCC1. The fourth-order valence-corrected chi connectivity index (χ4v) is 3.15. The molecule has 1 aliphatic carbocycles. The normalized spacial score (nSPS) is 18.0. The first-order chi connectivity index (χ1) is 9.22. The van der Waals surface area contributed by atoms with Crippen LogP contribution in [0, 0.1) is 5.41 Å². The minimum Gasteiger partial charge on any atom is -0.369 e. The van der Waals surface area contributed by atoms with Crippen molar-refractivity contribution in [2.24, 2.45) is 5.41 Å². The molecule has 0 atom stereocenters. The van der Waals surface area contributed by atoms with E-state index in [2.05, 4.69) is 27.3 Å². The maximum absolute atomic E-state index is 6.01. The van der Waals surface area contributed by atoms with Crippen LogP contribution in [0.4, 0.5) is 5.82 Å². The molecule has 0 saturated heterocycles. The Morgan fingerprint density at radius 2 is 2.21 bits per heavy atom. The first kappa shape index (κ1) is 12.7. The first-order valence-electron chi connectivity index (χ1n) is 6.83. The highest BCUT2D eigenvalue weighted by Gasteiger charge is 2.31. The molecule has 19 heavy (non-hydrogen) atoms. The molecule has 0 radical (unpaired) electrons. The summed E-state index contributed by atoms with van der Waals surface area (Å²) in [7, 11) is 0. The van der Waals surface area contributed by atoms with Crippen LogP contribution < -0.4 is 5.32 Å². The van der Waals surface area contributed by atoms with Gasteiger partial charge in [-0.2, -0.15) is 19.6 Å². The van der Waals surface area contributed by atoms with Crippen LogP contribution in [0.25, 0.3) is 5.78 Å². The Morgan fingerprint density at radius 1 is 1.42 bits per heavy atom. The molecule has 0 spiro atoms. The van der Waals surface area contributed by atoms with Gasteiger partial charge in [0.1, 0.15) is 17.3 Å². The molecule has 3 rings (SSSR count). The number of nitrogens with one attached hydrogen (secondary N) is 1. The van der Waals surface area contributed by atoms with Crippen molar-refractivity contribution in [2.45, 2.75) is 39.0 Å². The van der Waals surface area contributed by atoms with Crippen LogP contribution in [-0.4, -0.2) is 26.1 Å². The second kappa shape index (κ2) is 4.96. The van der Waals surface area contributed by atoms with Crippen LogP contribution in [0.2, 0.25) is 5.15 Å². The summed E-state index contributed by atoms with van der Waals surface area (Å²) in [6.45, 7) is 3.23. The van der Waals surface area contributed by atoms with Gasteiger partial charge >= 0.3 is 0 Å². The summed E-state index contributed by atoms with van der Waals surface area (Å²) >= 11 is 6.01. The van der Waals surface area contributed by atoms with Crippen LogP contribution in [0.1, 0.15) is 39.0 Å². The summed E-state index contributed by atoms with van der Waals surface area (Å²) < 4.78 is 1.70. The molecule has 2 aromatic heterocycles. The molecule has 102 valence electrons. The molecule has 2 aromatic rings. The van der Waals surface area contributed by atoms with Crippen LogP contribution in [0.15, 0.2) is 12.4 Å². The molecule has 1 N–H and O–H groups in total. The number of fused-ring (bicyclic) bond motifs is 1. The van der Waals surface area contributed by atoms with Gasteiger partial charge in [0, 0.05) is 12.6 Å². The summed E-state index contributed by atoms with van der Waals surface area (Å²) in [5.41, 5.74) is 0.419. The van der Waals surface area contributed by atoms with Gasteiger partial charge in [-0.15, -0.1) is 0 Å². The summed E-state index contributed by atoms with van der Waals surface area (Å²) in [5, 5.41) is 8.10. The molecule has 0 aliphatic heterocycles. The maximum atomic E-state index is 6.01. The molecule has 1 aliphatic rings. The minimum absolute atomic E-state index is 0.419. The lowest BCUT2D eigenvalue weighted by Gasteiger charge is -2.28. The first-order valence-corrected chi connectivity index (χ1v) is 7.20. The summed E-state index contributed by atoms with van der Waals surface area (Å²) in [6, 6.07) is 1.81. The topological polar surface area (TPSA) is 55.1 Å². The molecular weight excluding hydrogens is 262 g/mol. The number of halogens is 1. The summed E-state index contributed by atoms with van der Waals surface area (Å²) in [4.78, 5) is 8.20. The van der Waals surface area contributed by atoms with Crippen molar-refractivity contribution in [1.82, 2.24) is 19.6 Å². The highest BCUT2D eigenvalue weighted by Crippen LogP contribution is 2.40. The average Bonchev–Trinajstić information content (AvgIpc) is 3.05. The van der Waals surface area contributed by atoms with E-state index in [1.165, 1.54) is 38.4 Å². The predicted octanol–water partition coefficient (Wildman–Crippen LogP) is 3.16. The van der Waals surface area contributed by atoms with Gasteiger partial charge in [0.2, 0.25) is 0 Å². The fraction of sp³-hybridized carbons (Fsp3) is 0.615. The minimum atomic E-state index is 0.419. The van der Waals surface area contributed by atoms with Crippen molar-refractivity contribution < 1.29 is 0 Å². The summed E-state index contributed by atoms with van der Waals surface area (Å²) in [6.07, 6.45) is 7.98. The fourth-order valence-electron chi connectivity index (χ4n) is 2.97. The van der Waals surface area contributed by atoms with E-state index in [1.54, 1.807) is 4.52 Å². The lowest BCUT2D eigenvalue weighted by atomic mass is 9.83. The van der Waals surface area contributed by atoms with Gasteiger partial charge < -0.3 is 5.32 Å². The van der Waals surface area contributed by atoms with Gasteiger partial charge in [0.15, 0.2) is 0 Å².